The normalized spacial score (nSPS) is 14.2. The summed E-state index contributed by atoms with van der Waals surface area (Å²) < 4.78 is 12.7. The molecule has 1 aromatic heterocycles. The number of para-hydroxylation sites is 1. The number of unbranched alkanes of at least 4 members (excludes halogenated alkanes) is 3. The molecule has 0 bridgehead atoms. The first-order valence-corrected chi connectivity index (χ1v) is 12.9. The van der Waals surface area contributed by atoms with Gasteiger partial charge in [-0.25, -0.2) is 4.79 Å². The van der Waals surface area contributed by atoms with Gasteiger partial charge in [0.15, 0.2) is 12.3 Å². The second kappa shape index (κ2) is 11.5. The molecule has 1 atom stereocenters. The molecule has 1 unspecified atom stereocenters. The van der Waals surface area contributed by atoms with Crippen LogP contribution >= 0.6 is 27.7 Å². The zero-order valence-electron chi connectivity index (χ0n) is 18.7. The Morgan fingerprint density at radius 2 is 2.06 bits per heavy atom. The number of anilines is 1. The average Bonchev–Trinajstić information content (AvgIpc) is 2.99. The highest BCUT2D eigenvalue weighted by Gasteiger charge is 2.28. The molecular weight excluding hydrogens is 520 g/mol. The SMILES string of the molecule is CCCCCCSc1nnc2c(n1)OC(c1cc(Br)ccc1OCC(=O)O)Nc1ccccc1-2. The second-order valence-electron chi connectivity index (χ2n) is 7.71. The van der Waals surface area contributed by atoms with E-state index in [1.807, 2.05) is 30.3 Å². The molecule has 0 aliphatic carbocycles. The van der Waals surface area contributed by atoms with Crippen LogP contribution in [0.3, 0.4) is 0 Å². The number of fused-ring (bicyclic) bond motifs is 3. The lowest BCUT2D eigenvalue weighted by molar-refractivity contribution is -0.139. The van der Waals surface area contributed by atoms with Crippen LogP contribution in [0.25, 0.3) is 11.3 Å². The zero-order valence-corrected chi connectivity index (χ0v) is 21.1. The number of benzene rings is 2. The molecule has 8 nitrogen and oxygen atoms in total. The number of carboxylic acids is 1. The highest BCUT2D eigenvalue weighted by molar-refractivity contribution is 9.10. The van der Waals surface area contributed by atoms with Gasteiger partial charge in [0, 0.05) is 21.5 Å². The number of aromatic nitrogens is 3. The van der Waals surface area contributed by atoms with E-state index in [2.05, 4.69) is 43.4 Å². The van der Waals surface area contributed by atoms with Crippen molar-refractivity contribution in [3.8, 4) is 22.9 Å². The molecule has 3 aromatic rings. The van der Waals surface area contributed by atoms with E-state index in [-0.39, 0.29) is 0 Å². The van der Waals surface area contributed by atoms with Crippen LogP contribution in [-0.4, -0.2) is 38.6 Å². The Kier molecular flexibility index (Phi) is 8.23. The standard InChI is InChI=1S/C24H25BrN4O4S/c1-2-3-4-7-12-34-24-27-23-21(28-29-24)16-8-5-6-9-18(16)26-22(33-23)17-13-15(25)10-11-19(17)32-14-20(30)31/h5-6,8-11,13,22,26H,2-4,7,12,14H2,1H3,(H,30,31). The van der Waals surface area contributed by atoms with Gasteiger partial charge >= 0.3 is 5.97 Å². The van der Waals surface area contributed by atoms with Crippen molar-refractivity contribution in [2.45, 2.75) is 44.0 Å². The van der Waals surface area contributed by atoms with E-state index in [0.717, 1.165) is 27.9 Å². The van der Waals surface area contributed by atoms with Gasteiger partial charge in [0.05, 0.1) is 5.56 Å². The summed E-state index contributed by atoms with van der Waals surface area (Å²) in [5.41, 5.74) is 2.79. The molecule has 0 saturated carbocycles. The quantitative estimate of drug-likeness (QED) is 0.236. The number of nitrogens with zero attached hydrogens (tertiary/aromatic N) is 3. The van der Waals surface area contributed by atoms with E-state index in [9.17, 15) is 4.79 Å². The van der Waals surface area contributed by atoms with E-state index in [4.69, 9.17) is 14.6 Å². The lowest BCUT2D eigenvalue weighted by Crippen LogP contribution is -2.19. The van der Waals surface area contributed by atoms with Crippen LogP contribution in [0.1, 0.15) is 44.4 Å². The molecule has 10 heteroatoms. The number of thioether (sulfide) groups is 1. The molecule has 0 fully saturated rings. The summed E-state index contributed by atoms with van der Waals surface area (Å²) in [5, 5.41) is 21.8. The van der Waals surface area contributed by atoms with Crippen molar-refractivity contribution < 1.29 is 19.4 Å². The van der Waals surface area contributed by atoms with Gasteiger partial charge in [0.1, 0.15) is 5.75 Å². The van der Waals surface area contributed by atoms with Crippen molar-refractivity contribution in [3.05, 3.63) is 52.5 Å². The van der Waals surface area contributed by atoms with Crippen molar-refractivity contribution in [2.75, 3.05) is 17.7 Å². The molecule has 2 aromatic carbocycles. The third kappa shape index (κ3) is 5.98. The number of ether oxygens (including phenoxy) is 2. The fourth-order valence-electron chi connectivity index (χ4n) is 3.54. The highest BCUT2D eigenvalue weighted by Crippen LogP contribution is 2.41. The first-order chi connectivity index (χ1) is 16.5. The summed E-state index contributed by atoms with van der Waals surface area (Å²) in [6.07, 6.45) is 3.99. The lowest BCUT2D eigenvalue weighted by Gasteiger charge is -2.22. The van der Waals surface area contributed by atoms with E-state index in [1.165, 1.54) is 19.3 Å². The fourth-order valence-corrected chi connectivity index (χ4v) is 4.69. The van der Waals surface area contributed by atoms with Gasteiger partial charge in [-0.3, -0.25) is 0 Å². The first kappa shape index (κ1) is 24.3. The van der Waals surface area contributed by atoms with Crippen molar-refractivity contribution in [1.29, 1.82) is 0 Å². The van der Waals surface area contributed by atoms with Gasteiger partial charge in [0.25, 0.3) is 0 Å². The Morgan fingerprint density at radius 1 is 1.21 bits per heavy atom. The van der Waals surface area contributed by atoms with Gasteiger partial charge in [-0.2, -0.15) is 4.98 Å². The van der Waals surface area contributed by atoms with Crippen molar-refractivity contribution >= 4 is 39.3 Å². The molecule has 2 N–H and O–H groups in total. The second-order valence-corrected chi connectivity index (χ2v) is 9.69. The topological polar surface area (TPSA) is 106 Å². The first-order valence-electron chi connectivity index (χ1n) is 11.1. The molecular formula is C24H25BrN4O4S. The number of aliphatic carboxylic acids is 1. The molecule has 34 heavy (non-hydrogen) atoms. The molecule has 0 spiro atoms. The predicted molar refractivity (Wildman–Crippen MR) is 134 cm³/mol. The largest absolute Gasteiger partial charge is 0.481 e. The van der Waals surface area contributed by atoms with Crippen LogP contribution in [0.5, 0.6) is 11.6 Å². The molecule has 178 valence electrons. The number of halogens is 1. The van der Waals surface area contributed by atoms with Gasteiger partial charge in [0.2, 0.25) is 17.3 Å². The van der Waals surface area contributed by atoms with Crippen LogP contribution in [0, 0.1) is 0 Å². The Labute approximate surface area is 210 Å². The van der Waals surface area contributed by atoms with Gasteiger partial charge < -0.3 is 19.9 Å². The number of hydrogen-bond acceptors (Lipinski definition) is 8. The minimum absolute atomic E-state index is 0.359. The van der Waals surface area contributed by atoms with Crippen LogP contribution < -0.4 is 14.8 Å². The summed E-state index contributed by atoms with van der Waals surface area (Å²) in [4.78, 5) is 15.8. The van der Waals surface area contributed by atoms with E-state index in [1.54, 1.807) is 23.9 Å². The van der Waals surface area contributed by atoms with E-state index < -0.39 is 18.8 Å². The van der Waals surface area contributed by atoms with Crippen LogP contribution in [-0.2, 0) is 4.79 Å². The minimum atomic E-state index is -1.06. The van der Waals surface area contributed by atoms with Crippen LogP contribution in [0.15, 0.2) is 52.1 Å². The average molecular weight is 545 g/mol. The monoisotopic (exact) mass is 544 g/mol. The maximum Gasteiger partial charge on any atom is 0.341 e. The van der Waals surface area contributed by atoms with E-state index in [0.29, 0.717) is 28.0 Å². The van der Waals surface area contributed by atoms with Gasteiger partial charge in [-0.1, -0.05) is 72.1 Å². The van der Waals surface area contributed by atoms with Crippen molar-refractivity contribution in [3.63, 3.8) is 0 Å². The zero-order chi connectivity index (χ0) is 23.9. The fraction of sp³-hybridized carbons (Fsp3) is 0.333. The molecule has 2 heterocycles. The Balaban J connectivity index is 1.67. The number of nitrogens with one attached hydrogen (secondary N) is 1. The minimum Gasteiger partial charge on any atom is -0.481 e. The number of carboxylic acid groups (broad SMARTS) is 1. The molecule has 0 radical (unpaired) electrons. The Bertz CT molecular complexity index is 1160. The Morgan fingerprint density at radius 3 is 2.88 bits per heavy atom. The molecule has 0 saturated heterocycles. The number of carbonyl (C=O) groups is 1. The highest BCUT2D eigenvalue weighted by atomic mass is 79.9. The third-order valence-corrected chi connectivity index (χ3v) is 6.59. The van der Waals surface area contributed by atoms with Crippen LogP contribution in [0.4, 0.5) is 5.69 Å². The summed E-state index contributed by atoms with van der Waals surface area (Å²) in [7, 11) is 0. The maximum absolute atomic E-state index is 11.1. The van der Waals surface area contributed by atoms with Crippen molar-refractivity contribution in [2.24, 2.45) is 0 Å². The summed E-state index contributed by atoms with van der Waals surface area (Å²) >= 11 is 5.05. The molecule has 0 amide bonds. The summed E-state index contributed by atoms with van der Waals surface area (Å²) in [6, 6.07) is 13.0. The van der Waals surface area contributed by atoms with Gasteiger partial charge in [-0.05, 0) is 30.7 Å². The van der Waals surface area contributed by atoms with E-state index >= 15 is 0 Å². The van der Waals surface area contributed by atoms with Crippen LogP contribution in [0.2, 0.25) is 0 Å². The van der Waals surface area contributed by atoms with Gasteiger partial charge in [-0.15, -0.1) is 10.2 Å². The molecule has 1 aliphatic rings. The number of hydrogen-bond donors (Lipinski definition) is 2. The maximum atomic E-state index is 11.1. The number of rotatable bonds is 10. The Hall–Kier alpha value is -2.85. The summed E-state index contributed by atoms with van der Waals surface area (Å²) in [5.74, 6) is 0.614. The molecule has 4 rings (SSSR count). The predicted octanol–water partition coefficient (Wildman–Crippen LogP) is 5.94. The summed E-state index contributed by atoms with van der Waals surface area (Å²) in [6.45, 7) is 1.73. The van der Waals surface area contributed by atoms with Crippen molar-refractivity contribution in [1.82, 2.24) is 15.2 Å². The smallest absolute Gasteiger partial charge is 0.341 e. The third-order valence-electron chi connectivity index (χ3n) is 5.17. The molecule has 1 aliphatic heterocycles. The lowest BCUT2D eigenvalue weighted by atomic mass is 10.1.